The van der Waals surface area contributed by atoms with Crippen LogP contribution in [0, 0.1) is 0 Å². The summed E-state index contributed by atoms with van der Waals surface area (Å²) in [5.74, 6) is -0.841. The number of nitrogens with two attached hydrogens (primary N) is 1. The van der Waals surface area contributed by atoms with Crippen LogP contribution in [0.1, 0.15) is 6.23 Å². The van der Waals surface area contributed by atoms with E-state index >= 15 is 0 Å². The lowest BCUT2D eigenvalue weighted by Crippen LogP contribution is -2.46. The number of aliphatic hydroxyl groups is 7. The highest BCUT2D eigenvalue weighted by atomic mass is 31.3. The highest BCUT2D eigenvalue weighted by molar-refractivity contribution is 7.60. The molecule has 1 aliphatic heterocycles. The summed E-state index contributed by atoms with van der Waals surface area (Å²) in [6.07, 6.45) is -13.5. The van der Waals surface area contributed by atoms with Crippen molar-refractivity contribution >= 4 is 45.0 Å². The number of nitrogen functional groups attached to an aromatic ring is 1. The Labute approximate surface area is 236 Å². The van der Waals surface area contributed by atoms with Gasteiger partial charge in [0.1, 0.15) is 42.7 Å². The highest BCUT2D eigenvalue weighted by Gasteiger charge is 2.46. The van der Waals surface area contributed by atoms with E-state index in [4.69, 9.17) is 51.3 Å². The van der Waals surface area contributed by atoms with Crippen LogP contribution in [0.3, 0.4) is 0 Å². The van der Waals surface area contributed by atoms with Gasteiger partial charge in [-0.3, -0.25) is 18.9 Å². The first-order valence-corrected chi connectivity index (χ1v) is 14.3. The lowest BCUT2D eigenvalue weighted by Gasteiger charge is -2.22. The highest BCUT2D eigenvalue weighted by Crippen LogP contribution is 2.57. The number of anilines is 1. The van der Waals surface area contributed by atoms with Crippen LogP contribution in [0.4, 0.5) is 11.9 Å². The Kier molecular flexibility index (Phi) is 12.4. The van der Waals surface area contributed by atoms with Crippen molar-refractivity contribution in [3.63, 3.8) is 0 Å². The summed E-state index contributed by atoms with van der Waals surface area (Å²) in [5, 5.41) is 67.4. The largest absolute Gasteiger partial charge is 0.481 e. The van der Waals surface area contributed by atoms with Crippen LogP contribution in [-0.2, 0) is 27.5 Å². The van der Waals surface area contributed by atoms with Gasteiger partial charge in [0.25, 0.3) is 5.56 Å². The third-order valence-electron chi connectivity index (χ3n) is 5.31. The summed E-state index contributed by atoms with van der Waals surface area (Å²) >= 11 is 0. The molecule has 27 heteroatoms. The Morgan fingerprint density at radius 3 is 2.33 bits per heavy atom. The molecule has 2 aromatic heterocycles. The van der Waals surface area contributed by atoms with Crippen LogP contribution in [0.15, 0.2) is 9.91 Å². The van der Waals surface area contributed by atoms with E-state index < -0.39 is 89.3 Å². The molecule has 0 radical (unpaired) electrons. The number of aromatic amines is 1. The molecular formula is C16H26N8O17P2. The Balaban J connectivity index is 0.000000455. The molecule has 0 aliphatic carbocycles. The zero-order valence-electron chi connectivity index (χ0n) is 21.1. The Bertz CT molecular complexity index is 1480. The molecule has 1 fully saturated rings. The summed E-state index contributed by atoms with van der Waals surface area (Å²) in [5.41, 5.74) is 12.8. The molecule has 0 bridgehead atoms. The summed E-state index contributed by atoms with van der Waals surface area (Å²) in [7, 11) is -10.6. The van der Waals surface area contributed by atoms with Crippen LogP contribution in [0.5, 0.6) is 0 Å². The summed E-state index contributed by atoms with van der Waals surface area (Å²) in [4.78, 5) is 60.7. The van der Waals surface area contributed by atoms with Crippen molar-refractivity contribution in [1.29, 1.82) is 0 Å². The number of rotatable bonds is 12. The number of ether oxygens (including phenoxy) is 1. The first kappa shape index (κ1) is 36.3. The van der Waals surface area contributed by atoms with E-state index in [2.05, 4.69) is 33.8 Å². The maximum absolute atomic E-state index is 12.0. The van der Waals surface area contributed by atoms with Gasteiger partial charge in [0.05, 0.1) is 13.2 Å². The fourth-order valence-electron chi connectivity index (χ4n) is 3.36. The fraction of sp³-hybridized carbons (Fsp3) is 0.625. The average molecular weight is 664 g/mol. The number of nitrogens with zero attached hydrogens (tertiary/aromatic N) is 6. The number of aliphatic hydroxyl groups excluding tert-OH is 7. The van der Waals surface area contributed by atoms with E-state index in [1.54, 1.807) is 0 Å². The number of phosphoric ester groups is 1. The van der Waals surface area contributed by atoms with Crippen molar-refractivity contribution in [3.05, 3.63) is 20.8 Å². The molecule has 1 unspecified atom stereocenters. The molecule has 13 N–H and O–H groups in total. The molecule has 0 saturated carbocycles. The minimum atomic E-state index is -5.38. The fourth-order valence-corrected chi connectivity index (χ4v) is 4.96. The molecule has 2 aromatic rings. The number of phosphoric acid groups is 2. The second kappa shape index (κ2) is 14.7. The van der Waals surface area contributed by atoms with E-state index in [-0.39, 0.29) is 23.4 Å². The van der Waals surface area contributed by atoms with E-state index in [1.807, 2.05) is 0 Å². The van der Waals surface area contributed by atoms with Crippen molar-refractivity contribution in [1.82, 2.24) is 19.5 Å². The lowest BCUT2D eigenvalue weighted by molar-refractivity contribution is -0.136. The number of hydrogen-bond acceptors (Lipinski definition) is 18. The topological polar surface area (TPSA) is 420 Å². The van der Waals surface area contributed by atoms with E-state index in [9.17, 15) is 33.8 Å². The monoisotopic (exact) mass is 664 g/mol. The van der Waals surface area contributed by atoms with Crippen molar-refractivity contribution in [2.75, 3.05) is 18.9 Å². The quantitative estimate of drug-likeness (QED) is 0.0332. The average Bonchev–Trinajstić information content (AvgIpc) is 3.41. The van der Waals surface area contributed by atoms with Gasteiger partial charge in [0, 0.05) is 4.91 Å². The van der Waals surface area contributed by atoms with Gasteiger partial charge in [-0.1, -0.05) is 0 Å². The third kappa shape index (κ3) is 9.28. The molecule has 0 spiro atoms. The molecule has 9 atom stereocenters. The summed E-state index contributed by atoms with van der Waals surface area (Å²) in [6.45, 7) is -1.73. The molecule has 25 nitrogen and oxygen atoms in total. The van der Waals surface area contributed by atoms with Crippen molar-refractivity contribution in [2.24, 2.45) is 5.11 Å². The second-order valence-corrected chi connectivity index (χ2v) is 11.2. The first-order valence-electron chi connectivity index (χ1n) is 11.2. The molecule has 0 aromatic carbocycles. The number of H-pyrrole nitrogens is 1. The number of fused-ring (bicyclic) bond motifs is 1. The predicted octanol–water partition coefficient (Wildman–Crippen LogP) is -4.89. The summed E-state index contributed by atoms with van der Waals surface area (Å²) < 4.78 is 36.5. The van der Waals surface area contributed by atoms with Gasteiger partial charge in [-0.25, -0.2) is 14.1 Å². The van der Waals surface area contributed by atoms with Gasteiger partial charge >= 0.3 is 15.6 Å². The molecule has 0 amide bonds. The van der Waals surface area contributed by atoms with Gasteiger partial charge in [0.15, 0.2) is 23.7 Å². The van der Waals surface area contributed by atoms with Crippen LogP contribution in [-0.4, -0.2) is 132 Å². The lowest BCUT2D eigenvalue weighted by atomic mass is 10.0. The first-order chi connectivity index (χ1) is 19.9. The zero-order chi connectivity index (χ0) is 32.9. The number of hydrogen-bond donors (Lipinski definition) is 12. The van der Waals surface area contributed by atoms with Gasteiger partial charge in [-0.2, -0.15) is 9.29 Å². The number of azide groups is 1. The van der Waals surface area contributed by atoms with Crippen LogP contribution >= 0.6 is 15.6 Å². The van der Waals surface area contributed by atoms with Gasteiger partial charge in [-0.15, -0.1) is 0 Å². The molecule has 3 heterocycles. The standard InChI is InChI=1S/C10H14N8O11P2.C6H12O6/c11-9-14-6-3(7(21)15-9)13-10(16-17-12)18(6)8-5(20)4(19)2(28-8)1-27-31(25,26)29-30(22,23)24;7-1-3(9)5(11)6(12)4(10)2-8/h2,4-5,8,19-20H,1H2,(H,25,26)(H2,22,23,24)(H3,11,14,15,21);1,3-6,8-12H,2H2/t2-,4-,5-,8-;3-,4+,5+,6+/m10/s1. The third-order valence-corrected chi connectivity index (χ3v) is 7.46. The molecule has 3 rings (SSSR count). The van der Waals surface area contributed by atoms with E-state index in [0.717, 1.165) is 4.57 Å². The number of carbonyl (C=O) groups excluding carboxylic acids is 1. The minimum absolute atomic E-state index is 0.0258. The number of aromatic nitrogens is 4. The number of aldehydes is 1. The number of carbonyl (C=O) groups is 1. The van der Waals surface area contributed by atoms with Crippen LogP contribution in [0.2, 0.25) is 0 Å². The van der Waals surface area contributed by atoms with Gasteiger partial charge in [-0.05, 0) is 10.6 Å². The van der Waals surface area contributed by atoms with E-state index in [1.165, 1.54) is 0 Å². The number of imidazole rings is 1. The molecule has 43 heavy (non-hydrogen) atoms. The maximum atomic E-state index is 12.0. The van der Waals surface area contributed by atoms with Crippen molar-refractivity contribution < 1.29 is 77.9 Å². The Hall–Kier alpha value is -2.93. The number of nitrogens with one attached hydrogen (secondary N) is 1. The Morgan fingerprint density at radius 1 is 1.16 bits per heavy atom. The normalized spacial score (nSPS) is 24.6. The maximum Gasteiger partial charge on any atom is 0.481 e. The second-order valence-electron chi connectivity index (χ2n) is 8.34. The zero-order valence-corrected chi connectivity index (χ0v) is 22.9. The summed E-state index contributed by atoms with van der Waals surface area (Å²) in [6, 6.07) is 0. The van der Waals surface area contributed by atoms with E-state index in [0.29, 0.717) is 0 Å². The smallest absolute Gasteiger partial charge is 0.394 e. The van der Waals surface area contributed by atoms with Gasteiger partial charge < -0.3 is 65.7 Å². The van der Waals surface area contributed by atoms with Crippen molar-refractivity contribution in [3.8, 4) is 0 Å². The Morgan fingerprint density at radius 2 is 1.79 bits per heavy atom. The predicted molar refractivity (Wildman–Crippen MR) is 133 cm³/mol. The van der Waals surface area contributed by atoms with Crippen LogP contribution in [0.25, 0.3) is 21.6 Å². The van der Waals surface area contributed by atoms with Crippen LogP contribution < -0.4 is 11.3 Å². The molecule has 242 valence electrons. The SMILES string of the molecule is O=C[C@H](O)[C@@H](O)[C@H](O)[C@H](O)CO.[N-]=[N+]=Nc1nc2c(=O)[nH]c(N)nc2n1[C@@H]1O[C@H](COP(=O)(O)OP(=O)(O)O)[C@@H](O)[C@H]1O. The van der Waals surface area contributed by atoms with Crippen molar-refractivity contribution in [2.45, 2.75) is 49.0 Å². The minimum Gasteiger partial charge on any atom is -0.394 e. The molecule has 1 aliphatic rings. The molecule has 1 saturated heterocycles. The molecular weight excluding hydrogens is 638 g/mol. The van der Waals surface area contributed by atoms with Gasteiger partial charge in [0.2, 0.25) is 11.9 Å².